The summed E-state index contributed by atoms with van der Waals surface area (Å²) in [5, 5.41) is 20.1. The molecular formula is C23H28O5. The minimum atomic E-state index is -0.962. The highest BCUT2D eigenvalue weighted by Gasteiger charge is 2.60. The maximum absolute atomic E-state index is 12.7. The molecule has 28 heavy (non-hydrogen) atoms. The Labute approximate surface area is 165 Å². The first kappa shape index (κ1) is 19.3. The van der Waals surface area contributed by atoms with Crippen molar-refractivity contribution < 1.29 is 24.6 Å². The van der Waals surface area contributed by atoms with Gasteiger partial charge in [-0.25, -0.2) is 0 Å². The van der Waals surface area contributed by atoms with Crippen molar-refractivity contribution in [3.05, 3.63) is 35.5 Å². The number of carbonyl (C=O) groups is 3. The summed E-state index contributed by atoms with van der Waals surface area (Å²) in [7, 11) is 0. The number of allylic oxidation sites excluding steroid dienone is 6. The van der Waals surface area contributed by atoms with Gasteiger partial charge in [-0.2, -0.15) is 0 Å². The second kappa shape index (κ2) is 6.51. The lowest BCUT2D eigenvalue weighted by molar-refractivity contribution is -0.138. The molecule has 4 aliphatic rings. The van der Waals surface area contributed by atoms with Crippen LogP contribution in [0.2, 0.25) is 0 Å². The Balaban J connectivity index is 1.63. The summed E-state index contributed by atoms with van der Waals surface area (Å²) < 4.78 is 0. The number of hydrogen-bond donors (Lipinski definition) is 2. The SMILES string of the molecule is C[C@]12C=CC(=O)C=C1CC[C@@H]1[C@@H]2[C@@H](O)C[C@]2(C)C(C(=O)CCC(=O)O)=CC[C@@H]12. The van der Waals surface area contributed by atoms with E-state index in [0.717, 1.165) is 30.4 Å². The predicted octanol–water partition coefficient (Wildman–Crippen LogP) is 3.24. The third-order valence-electron chi connectivity index (χ3n) is 7.94. The number of aliphatic carboxylic acids is 1. The summed E-state index contributed by atoms with van der Waals surface area (Å²) >= 11 is 0. The van der Waals surface area contributed by atoms with Crippen LogP contribution < -0.4 is 0 Å². The average Bonchev–Trinajstić information content (AvgIpc) is 2.96. The van der Waals surface area contributed by atoms with Crippen LogP contribution in [-0.2, 0) is 14.4 Å². The van der Waals surface area contributed by atoms with Crippen LogP contribution in [0.3, 0.4) is 0 Å². The van der Waals surface area contributed by atoms with Gasteiger partial charge in [0.2, 0.25) is 0 Å². The van der Waals surface area contributed by atoms with Gasteiger partial charge in [0.05, 0.1) is 12.5 Å². The van der Waals surface area contributed by atoms with Gasteiger partial charge in [-0.05, 0) is 55.2 Å². The standard InChI is InChI=1S/C23H28O5/c1-22-10-9-14(24)11-13(22)3-4-15-16-5-6-17(18(25)7-8-20(27)28)23(16,2)12-19(26)21(15)22/h6,9-11,15-16,19,21,26H,3-5,7-8,12H2,1-2H3,(H,27,28)/t15-,16-,19-,21+,22-,23-/m0/s1. The molecule has 150 valence electrons. The average molecular weight is 384 g/mol. The van der Waals surface area contributed by atoms with Crippen LogP contribution in [0.4, 0.5) is 0 Å². The zero-order valence-electron chi connectivity index (χ0n) is 16.5. The Morgan fingerprint density at radius 3 is 2.71 bits per heavy atom. The van der Waals surface area contributed by atoms with E-state index in [4.69, 9.17) is 5.11 Å². The van der Waals surface area contributed by atoms with Crippen LogP contribution in [0.5, 0.6) is 0 Å². The molecule has 0 aromatic carbocycles. The maximum atomic E-state index is 12.7. The third kappa shape index (κ3) is 2.74. The van der Waals surface area contributed by atoms with Gasteiger partial charge >= 0.3 is 5.97 Å². The van der Waals surface area contributed by atoms with E-state index in [1.54, 1.807) is 12.2 Å². The number of carboxylic acids is 1. The molecule has 4 rings (SSSR count). The minimum Gasteiger partial charge on any atom is -0.481 e. The van der Waals surface area contributed by atoms with Crippen molar-refractivity contribution in [2.75, 3.05) is 0 Å². The number of carbonyl (C=O) groups excluding carboxylic acids is 2. The molecule has 0 heterocycles. The Morgan fingerprint density at radius 2 is 2.00 bits per heavy atom. The Kier molecular flexibility index (Phi) is 4.49. The molecule has 2 saturated carbocycles. The monoisotopic (exact) mass is 384 g/mol. The van der Waals surface area contributed by atoms with E-state index in [0.29, 0.717) is 6.42 Å². The third-order valence-corrected chi connectivity index (χ3v) is 7.94. The van der Waals surface area contributed by atoms with Crippen molar-refractivity contribution in [2.24, 2.45) is 28.6 Å². The van der Waals surface area contributed by atoms with Gasteiger partial charge in [0.1, 0.15) is 0 Å². The normalized spacial score (nSPS) is 41.5. The van der Waals surface area contributed by atoms with Crippen molar-refractivity contribution in [3.63, 3.8) is 0 Å². The quantitative estimate of drug-likeness (QED) is 0.776. The molecule has 0 bridgehead atoms. The molecule has 5 nitrogen and oxygen atoms in total. The van der Waals surface area contributed by atoms with Crippen molar-refractivity contribution in [2.45, 2.75) is 58.5 Å². The van der Waals surface area contributed by atoms with Crippen molar-refractivity contribution in [1.82, 2.24) is 0 Å². The van der Waals surface area contributed by atoms with E-state index in [2.05, 4.69) is 13.8 Å². The summed E-state index contributed by atoms with van der Waals surface area (Å²) in [6.07, 6.45) is 9.71. The fourth-order valence-corrected chi connectivity index (χ4v) is 6.68. The summed E-state index contributed by atoms with van der Waals surface area (Å²) in [5.41, 5.74) is 1.12. The van der Waals surface area contributed by atoms with Crippen LogP contribution in [-0.4, -0.2) is 33.9 Å². The molecule has 5 heteroatoms. The second-order valence-corrected chi connectivity index (χ2v) is 9.38. The number of hydrogen-bond acceptors (Lipinski definition) is 4. The highest BCUT2D eigenvalue weighted by molar-refractivity contribution is 6.01. The second-order valence-electron chi connectivity index (χ2n) is 9.38. The molecule has 4 aliphatic carbocycles. The van der Waals surface area contributed by atoms with Gasteiger partial charge in [0, 0.05) is 23.2 Å². The smallest absolute Gasteiger partial charge is 0.303 e. The van der Waals surface area contributed by atoms with Gasteiger partial charge in [0.25, 0.3) is 0 Å². The van der Waals surface area contributed by atoms with E-state index in [-0.39, 0.29) is 47.6 Å². The molecule has 0 amide bonds. The van der Waals surface area contributed by atoms with Crippen LogP contribution in [0, 0.1) is 28.6 Å². The van der Waals surface area contributed by atoms with Gasteiger partial charge in [-0.3, -0.25) is 14.4 Å². The fourth-order valence-electron chi connectivity index (χ4n) is 6.68. The number of aliphatic hydroxyl groups is 1. The predicted molar refractivity (Wildman–Crippen MR) is 103 cm³/mol. The lowest BCUT2D eigenvalue weighted by Crippen LogP contribution is -2.55. The lowest BCUT2D eigenvalue weighted by atomic mass is 9.47. The number of carboxylic acid groups (broad SMARTS) is 1. The highest BCUT2D eigenvalue weighted by atomic mass is 16.4. The van der Waals surface area contributed by atoms with Crippen molar-refractivity contribution in [3.8, 4) is 0 Å². The summed E-state index contributed by atoms with van der Waals surface area (Å²) in [5.74, 6) is -0.449. The fraction of sp³-hybridized carbons (Fsp3) is 0.609. The topological polar surface area (TPSA) is 91.7 Å². The summed E-state index contributed by atoms with van der Waals surface area (Å²) in [6.45, 7) is 4.20. The molecule has 0 unspecified atom stereocenters. The molecule has 6 atom stereocenters. The van der Waals surface area contributed by atoms with Crippen LogP contribution in [0.1, 0.15) is 52.4 Å². The maximum Gasteiger partial charge on any atom is 0.303 e. The van der Waals surface area contributed by atoms with Gasteiger partial charge in [-0.1, -0.05) is 31.6 Å². The van der Waals surface area contributed by atoms with E-state index in [1.165, 1.54) is 0 Å². The Bertz CT molecular complexity index is 834. The number of fused-ring (bicyclic) bond motifs is 5. The molecule has 0 spiro atoms. The van der Waals surface area contributed by atoms with Crippen LogP contribution in [0.15, 0.2) is 35.5 Å². The molecule has 0 radical (unpaired) electrons. The molecule has 0 saturated heterocycles. The number of Topliss-reactive ketones (excluding diaryl/α,β-unsaturated/α-hetero) is 1. The van der Waals surface area contributed by atoms with Crippen LogP contribution >= 0.6 is 0 Å². The highest BCUT2D eigenvalue weighted by Crippen LogP contribution is 2.64. The Hall–Kier alpha value is -2.01. The molecule has 2 fully saturated rings. The van der Waals surface area contributed by atoms with Gasteiger partial charge < -0.3 is 10.2 Å². The zero-order valence-corrected chi connectivity index (χ0v) is 16.5. The first-order valence-electron chi connectivity index (χ1n) is 10.2. The molecule has 0 aromatic rings. The molecular weight excluding hydrogens is 356 g/mol. The number of aliphatic hydroxyl groups excluding tert-OH is 1. The molecule has 0 aliphatic heterocycles. The zero-order chi connectivity index (χ0) is 20.3. The largest absolute Gasteiger partial charge is 0.481 e. The van der Waals surface area contributed by atoms with E-state index >= 15 is 0 Å². The van der Waals surface area contributed by atoms with E-state index in [1.807, 2.05) is 12.2 Å². The summed E-state index contributed by atoms with van der Waals surface area (Å²) in [4.78, 5) is 35.4. The number of ketones is 2. The molecule has 2 N–H and O–H groups in total. The first-order valence-corrected chi connectivity index (χ1v) is 10.2. The van der Waals surface area contributed by atoms with Gasteiger partial charge in [-0.15, -0.1) is 0 Å². The lowest BCUT2D eigenvalue weighted by Gasteiger charge is -2.58. The van der Waals surface area contributed by atoms with Gasteiger partial charge in [0.15, 0.2) is 11.6 Å². The van der Waals surface area contributed by atoms with Crippen molar-refractivity contribution >= 4 is 17.5 Å². The Morgan fingerprint density at radius 1 is 1.25 bits per heavy atom. The summed E-state index contributed by atoms with van der Waals surface area (Å²) in [6, 6.07) is 0. The van der Waals surface area contributed by atoms with Crippen molar-refractivity contribution in [1.29, 1.82) is 0 Å². The van der Waals surface area contributed by atoms with Crippen LogP contribution in [0.25, 0.3) is 0 Å². The van der Waals surface area contributed by atoms with E-state index < -0.39 is 17.5 Å². The van der Waals surface area contributed by atoms with E-state index in [9.17, 15) is 19.5 Å². The number of rotatable bonds is 4. The first-order chi connectivity index (χ1) is 13.2. The molecule has 0 aromatic heterocycles. The minimum absolute atomic E-state index is 0.0170.